The van der Waals surface area contributed by atoms with Crippen LogP contribution in [-0.4, -0.2) is 49.1 Å². The van der Waals surface area contributed by atoms with E-state index in [9.17, 15) is 14.7 Å². The van der Waals surface area contributed by atoms with Crippen molar-refractivity contribution in [1.29, 1.82) is 0 Å². The van der Waals surface area contributed by atoms with E-state index >= 15 is 0 Å². The predicted octanol–water partition coefficient (Wildman–Crippen LogP) is 5.35. The van der Waals surface area contributed by atoms with E-state index in [0.29, 0.717) is 42.6 Å². The summed E-state index contributed by atoms with van der Waals surface area (Å²) in [6.45, 7) is 14.2. The van der Waals surface area contributed by atoms with E-state index < -0.39 is 22.2 Å². The summed E-state index contributed by atoms with van der Waals surface area (Å²) < 4.78 is 19.2. The van der Waals surface area contributed by atoms with Crippen molar-refractivity contribution in [2.75, 3.05) is 13.2 Å². The molecular formula is C31H46O6. The molecule has 0 aromatic carbocycles. The summed E-state index contributed by atoms with van der Waals surface area (Å²) in [5.74, 6) is 1.74. The van der Waals surface area contributed by atoms with Gasteiger partial charge in [-0.1, -0.05) is 52.7 Å². The van der Waals surface area contributed by atoms with Gasteiger partial charge in [-0.15, -0.1) is 0 Å². The number of fused-ring (bicyclic) bond motifs is 3. The first-order chi connectivity index (χ1) is 17.5. The van der Waals surface area contributed by atoms with Crippen LogP contribution in [0.1, 0.15) is 73.6 Å². The van der Waals surface area contributed by atoms with Crippen LogP contribution < -0.4 is 0 Å². The molecule has 1 N–H and O–H groups in total. The number of aldehydes is 1. The standard InChI is InChI=1S/C31H46O6/c1-16(2)23-13-35-27-19(6)37-26(10-21(23)27)36-15-30-12-22-18(5)7-8-24(22)29(14-32)11-20(30)9-25(17(3)4)31(29,30)28(33)34/h9,14,16-24,26-27H,7-8,10-13,15H2,1-6H3,(H,33,34)/t18-,19-,20+,21-,22-,23-,24-,26-,27-,29+,30+,31+/m1/s1. The minimum atomic E-state index is -1.19. The fourth-order valence-corrected chi connectivity index (χ4v) is 10.8. The van der Waals surface area contributed by atoms with Crippen molar-refractivity contribution in [2.24, 2.45) is 63.6 Å². The van der Waals surface area contributed by atoms with Gasteiger partial charge in [0.2, 0.25) is 0 Å². The van der Waals surface area contributed by atoms with Crippen molar-refractivity contribution < 1.29 is 28.9 Å². The lowest BCUT2D eigenvalue weighted by atomic mass is 9.43. The quantitative estimate of drug-likeness (QED) is 0.364. The minimum Gasteiger partial charge on any atom is -0.481 e. The van der Waals surface area contributed by atoms with Gasteiger partial charge in [-0.25, -0.2) is 0 Å². The zero-order chi connectivity index (χ0) is 26.5. The highest BCUT2D eigenvalue weighted by molar-refractivity contribution is 5.90. The number of carbonyl (C=O) groups is 2. The van der Waals surface area contributed by atoms with Crippen molar-refractivity contribution in [3.05, 3.63) is 11.6 Å². The molecule has 2 aliphatic heterocycles. The van der Waals surface area contributed by atoms with Crippen LogP contribution in [0, 0.1) is 63.6 Å². The Labute approximate surface area is 221 Å². The van der Waals surface area contributed by atoms with Crippen molar-refractivity contribution in [3.8, 4) is 0 Å². The Balaban J connectivity index is 1.36. The summed E-state index contributed by atoms with van der Waals surface area (Å²) in [6.07, 6.45) is 7.30. The molecule has 0 spiro atoms. The molecular weight excluding hydrogens is 468 g/mol. The van der Waals surface area contributed by atoms with Gasteiger partial charge in [0.15, 0.2) is 6.29 Å². The van der Waals surface area contributed by atoms with Gasteiger partial charge in [-0.05, 0) is 73.5 Å². The molecule has 206 valence electrons. The molecule has 0 amide bonds. The Hall–Kier alpha value is -1.24. The molecule has 2 heterocycles. The van der Waals surface area contributed by atoms with Crippen molar-refractivity contribution >= 4 is 12.3 Å². The lowest BCUT2D eigenvalue weighted by Crippen LogP contribution is -2.63. The van der Waals surface area contributed by atoms with Crippen LogP contribution in [0.5, 0.6) is 0 Å². The van der Waals surface area contributed by atoms with Crippen molar-refractivity contribution in [3.63, 3.8) is 0 Å². The van der Waals surface area contributed by atoms with Gasteiger partial charge in [0.05, 0.1) is 30.8 Å². The molecule has 6 heteroatoms. The number of rotatable bonds is 7. The number of aliphatic carboxylic acids is 1. The lowest BCUT2D eigenvalue weighted by molar-refractivity contribution is -0.251. The highest BCUT2D eigenvalue weighted by atomic mass is 16.7. The summed E-state index contributed by atoms with van der Waals surface area (Å²) in [6, 6.07) is 0. The summed E-state index contributed by atoms with van der Waals surface area (Å²) in [4.78, 5) is 26.8. The van der Waals surface area contributed by atoms with Crippen LogP contribution in [0.2, 0.25) is 0 Å². The van der Waals surface area contributed by atoms with Gasteiger partial charge < -0.3 is 24.1 Å². The largest absolute Gasteiger partial charge is 0.481 e. The second-order valence-corrected chi connectivity index (χ2v) is 14.2. The molecule has 4 bridgehead atoms. The molecule has 12 atom stereocenters. The number of carbonyl (C=O) groups excluding carboxylic acids is 1. The molecule has 2 saturated heterocycles. The van der Waals surface area contributed by atoms with E-state index in [-0.39, 0.29) is 36.3 Å². The first-order valence-electron chi connectivity index (χ1n) is 14.8. The molecule has 6 aliphatic rings. The van der Waals surface area contributed by atoms with Crippen LogP contribution in [0.25, 0.3) is 0 Å². The maximum Gasteiger partial charge on any atom is 0.315 e. The minimum absolute atomic E-state index is 0.0518. The van der Waals surface area contributed by atoms with E-state index in [2.05, 4.69) is 47.6 Å². The zero-order valence-corrected chi connectivity index (χ0v) is 23.4. The topological polar surface area (TPSA) is 82.1 Å². The number of hydrogen-bond donors (Lipinski definition) is 1. The van der Waals surface area contributed by atoms with E-state index in [1.165, 1.54) is 0 Å². The molecule has 4 aliphatic carbocycles. The molecule has 6 rings (SSSR count). The van der Waals surface area contributed by atoms with Crippen LogP contribution in [0.4, 0.5) is 0 Å². The lowest BCUT2D eigenvalue weighted by Gasteiger charge is -2.58. The molecule has 37 heavy (non-hydrogen) atoms. The van der Waals surface area contributed by atoms with Gasteiger partial charge in [-0.2, -0.15) is 0 Å². The maximum atomic E-state index is 13.6. The summed E-state index contributed by atoms with van der Waals surface area (Å²) in [5.41, 5.74) is -1.67. The zero-order valence-electron chi connectivity index (χ0n) is 23.4. The number of carboxylic acid groups (broad SMARTS) is 1. The predicted molar refractivity (Wildman–Crippen MR) is 138 cm³/mol. The fraction of sp³-hybridized carbons (Fsp3) is 0.871. The van der Waals surface area contributed by atoms with Gasteiger partial charge in [-0.3, -0.25) is 4.79 Å². The summed E-state index contributed by atoms with van der Waals surface area (Å²) >= 11 is 0. The van der Waals surface area contributed by atoms with E-state index in [1.807, 2.05) is 0 Å². The molecule has 3 saturated carbocycles. The average molecular weight is 515 g/mol. The van der Waals surface area contributed by atoms with E-state index in [1.54, 1.807) is 0 Å². The highest BCUT2D eigenvalue weighted by Gasteiger charge is 2.84. The van der Waals surface area contributed by atoms with E-state index in [0.717, 1.165) is 44.1 Å². The van der Waals surface area contributed by atoms with Crippen molar-refractivity contribution in [2.45, 2.75) is 92.1 Å². The third kappa shape index (κ3) is 3.10. The SMILES string of the molecule is CC(C)C1=C[C@H]2C[C@]3(C=O)[C@@H]4CC[C@@H](C)[C@H]4C[C@@]2(CO[C@H]2C[C@H]4[C@H](OC[C@@H]4C(C)C)[C@@H](C)O2)[C@]13C(=O)O. The Bertz CT molecular complexity index is 982. The van der Waals surface area contributed by atoms with Gasteiger partial charge in [0.25, 0.3) is 0 Å². The third-order valence-electron chi connectivity index (χ3n) is 12.3. The second-order valence-electron chi connectivity index (χ2n) is 14.2. The number of hydrogen-bond acceptors (Lipinski definition) is 5. The van der Waals surface area contributed by atoms with Gasteiger partial charge >= 0.3 is 5.97 Å². The molecule has 0 aromatic rings. The molecule has 0 aromatic heterocycles. The third-order valence-corrected chi connectivity index (χ3v) is 12.3. The summed E-state index contributed by atoms with van der Waals surface area (Å²) in [7, 11) is 0. The molecule has 0 unspecified atom stereocenters. The number of ether oxygens (including phenoxy) is 3. The van der Waals surface area contributed by atoms with Gasteiger partial charge in [0, 0.05) is 11.8 Å². The smallest absolute Gasteiger partial charge is 0.315 e. The average Bonchev–Trinajstić information content (AvgIpc) is 3.55. The Morgan fingerprint density at radius 2 is 1.95 bits per heavy atom. The highest BCUT2D eigenvalue weighted by Crippen LogP contribution is 2.82. The monoisotopic (exact) mass is 514 g/mol. The van der Waals surface area contributed by atoms with Crippen LogP contribution in [0.3, 0.4) is 0 Å². The number of allylic oxidation sites excluding steroid dienone is 1. The van der Waals surface area contributed by atoms with Crippen molar-refractivity contribution in [1.82, 2.24) is 0 Å². The summed E-state index contributed by atoms with van der Waals surface area (Å²) in [5, 5.41) is 11.2. The second kappa shape index (κ2) is 8.63. The fourth-order valence-electron chi connectivity index (χ4n) is 10.8. The molecule has 6 nitrogen and oxygen atoms in total. The van der Waals surface area contributed by atoms with Crippen LogP contribution in [0.15, 0.2) is 11.6 Å². The maximum absolute atomic E-state index is 13.6. The Morgan fingerprint density at radius 1 is 1.19 bits per heavy atom. The first-order valence-corrected chi connectivity index (χ1v) is 14.8. The van der Waals surface area contributed by atoms with E-state index in [4.69, 9.17) is 14.2 Å². The normalized spacial score (nSPS) is 51.9. The first kappa shape index (κ1) is 26.0. The number of carboxylic acids is 1. The molecule has 5 fully saturated rings. The van der Waals surface area contributed by atoms with Gasteiger partial charge in [0.1, 0.15) is 11.7 Å². The Kier molecular flexibility index (Phi) is 6.06. The Morgan fingerprint density at radius 3 is 2.59 bits per heavy atom. The van der Waals surface area contributed by atoms with Crippen LogP contribution >= 0.6 is 0 Å². The van der Waals surface area contributed by atoms with Crippen LogP contribution in [-0.2, 0) is 23.8 Å². The molecule has 0 radical (unpaired) electrons.